The van der Waals surface area contributed by atoms with Crippen molar-refractivity contribution >= 4 is 10.9 Å². The van der Waals surface area contributed by atoms with Gasteiger partial charge in [-0.1, -0.05) is 18.6 Å². The monoisotopic (exact) mass is 322 g/mol. The van der Waals surface area contributed by atoms with Gasteiger partial charge in [-0.05, 0) is 55.0 Å². The van der Waals surface area contributed by atoms with Crippen molar-refractivity contribution in [3.63, 3.8) is 0 Å². The molecule has 24 heavy (non-hydrogen) atoms. The van der Waals surface area contributed by atoms with E-state index in [2.05, 4.69) is 63.0 Å². The van der Waals surface area contributed by atoms with E-state index in [1.54, 1.807) is 0 Å². The zero-order valence-corrected chi connectivity index (χ0v) is 14.4. The molecule has 1 fully saturated rings. The number of hydrogen-bond donors (Lipinski definition) is 0. The van der Waals surface area contributed by atoms with Gasteiger partial charge in [0.05, 0.1) is 0 Å². The van der Waals surface area contributed by atoms with E-state index in [1.807, 2.05) is 12.3 Å². The first-order chi connectivity index (χ1) is 11.8. The number of hydrogen-bond acceptors (Lipinski definition) is 2. The van der Waals surface area contributed by atoms with E-state index >= 15 is 0 Å². The van der Waals surface area contributed by atoms with Gasteiger partial charge in [-0.15, -0.1) is 0 Å². The summed E-state index contributed by atoms with van der Waals surface area (Å²) in [6.45, 7) is 3.30. The third kappa shape index (κ3) is 3.24. The molecule has 0 spiro atoms. The van der Waals surface area contributed by atoms with Crippen molar-refractivity contribution in [3.8, 4) is 0 Å². The highest BCUT2D eigenvalue weighted by atomic mass is 15.3. The number of nitrogens with zero attached hydrogens (tertiary/aromatic N) is 4. The average Bonchev–Trinajstić information content (AvgIpc) is 3.25. The van der Waals surface area contributed by atoms with Crippen molar-refractivity contribution in [2.45, 2.75) is 44.8 Å². The molecule has 4 heteroatoms. The Morgan fingerprint density at radius 3 is 3.00 bits per heavy atom. The molecule has 0 radical (unpaired) electrons. The first-order valence-electron chi connectivity index (χ1n) is 9.05. The molecule has 126 valence electrons. The van der Waals surface area contributed by atoms with E-state index in [4.69, 9.17) is 0 Å². The van der Waals surface area contributed by atoms with E-state index < -0.39 is 0 Å². The summed E-state index contributed by atoms with van der Waals surface area (Å²) in [4.78, 5) is 2.68. The highest BCUT2D eigenvalue weighted by Crippen LogP contribution is 2.24. The zero-order valence-electron chi connectivity index (χ0n) is 14.4. The molecule has 0 aliphatic carbocycles. The summed E-state index contributed by atoms with van der Waals surface area (Å²) < 4.78 is 4.27. The van der Waals surface area contributed by atoms with Crippen LogP contribution in [-0.4, -0.2) is 31.8 Å². The number of rotatable bonds is 5. The summed E-state index contributed by atoms with van der Waals surface area (Å²) >= 11 is 0. The maximum absolute atomic E-state index is 4.34. The second-order valence-electron chi connectivity index (χ2n) is 7.00. The molecule has 1 atom stereocenters. The smallest absolute Gasteiger partial charge is 0.0489 e. The number of likely N-dealkylation sites (tertiary alicyclic amines) is 1. The van der Waals surface area contributed by atoms with Crippen molar-refractivity contribution in [3.05, 3.63) is 54.5 Å². The van der Waals surface area contributed by atoms with Crippen LogP contribution in [0.4, 0.5) is 0 Å². The zero-order chi connectivity index (χ0) is 16.4. The lowest BCUT2D eigenvalue weighted by atomic mass is 9.98. The Morgan fingerprint density at radius 2 is 2.12 bits per heavy atom. The van der Waals surface area contributed by atoms with Gasteiger partial charge in [0.1, 0.15) is 0 Å². The summed E-state index contributed by atoms with van der Waals surface area (Å²) in [5, 5.41) is 5.67. The second-order valence-corrected chi connectivity index (χ2v) is 7.00. The first kappa shape index (κ1) is 15.5. The summed E-state index contributed by atoms with van der Waals surface area (Å²) in [5.41, 5.74) is 2.76. The third-order valence-electron chi connectivity index (χ3n) is 5.34. The van der Waals surface area contributed by atoms with Crippen molar-refractivity contribution in [2.75, 3.05) is 6.54 Å². The van der Waals surface area contributed by atoms with Gasteiger partial charge in [0, 0.05) is 50.3 Å². The molecule has 4 rings (SSSR count). The molecule has 0 amide bonds. The lowest BCUT2D eigenvalue weighted by molar-refractivity contribution is 0.127. The average molecular weight is 322 g/mol. The minimum absolute atomic E-state index is 0.673. The normalized spacial score (nSPS) is 19.1. The summed E-state index contributed by atoms with van der Waals surface area (Å²) in [6.07, 6.45) is 11.3. The van der Waals surface area contributed by atoms with Crippen LogP contribution in [0.5, 0.6) is 0 Å². The van der Waals surface area contributed by atoms with Crippen LogP contribution in [0.2, 0.25) is 0 Å². The third-order valence-corrected chi connectivity index (χ3v) is 5.34. The Kier molecular flexibility index (Phi) is 4.39. The molecule has 2 aromatic heterocycles. The lowest BCUT2D eigenvalue weighted by Crippen LogP contribution is -2.39. The minimum Gasteiger partial charge on any atom is -0.351 e. The predicted molar refractivity (Wildman–Crippen MR) is 97.8 cm³/mol. The van der Waals surface area contributed by atoms with Gasteiger partial charge in [-0.3, -0.25) is 9.58 Å². The summed E-state index contributed by atoms with van der Waals surface area (Å²) in [7, 11) is 2.12. The van der Waals surface area contributed by atoms with E-state index in [1.165, 1.54) is 48.7 Å². The van der Waals surface area contributed by atoms with E-state index in [-0.39, 0.29) is 0 Å². The van der Waals surface area contributed by atoms with Crippen LogP contribution in [0.15, 0.2) is 48.9 Å². The molecule has 3 aromatic rings. The van der Waals surface area contributed by atoms with Crippen molar-refractivity contribution < 1.29 is 0 Å². The molecule has 1 aromatic carbocycles. The fourth-order valence-corrected chi connectivity index (χ4v) is 3.95. The maximum atomic E-state index is 4.34. The molecule has 0 unspecified atom stereocenters. The lowest BCUT2D eigenvalue weighted by Gasteiger charge is -2.36. The maximum Gasteiger partial charge on any atom is 0.0489 e. The molecule has 1 aliphatic heterocycles. The summed E-state index contributed by atoms with van der Waals surface area (Å²) in [6, 6.07) is 11.8. The quantitative estimate of drug-likeness (QED) is 0.714. The number of benzene rings is 1. The van der Waals surface area contributed by atoms with Crippen LogP contribution < -0.4 is 0 Å². The number of fused-ring (bicyclic) bond motifs is 1. The molecule has 0 saturated carbocycles. The largest absolute Gasteiger partial charge is 0.351 e. The highest BCUT2D eigenvalue weighted by molar-refractivity contribution is 5.80. The molecular formula is C20H26N4. The Bertz CT molecular complexity index is 787. The van der Waals surface area contributed by atoms with Crippen molar-refractivity contribution in [2.24, 2.45) is 7.05 Å². The Balaban J connectivity index is 1.46. The van der Waals surface area contributed by atoms with Gasteiger partial charge in [-0.25, -0.2) is 0 Å². The van der Waals surface area contributed by atoms with Gasteiger partial charge < -0.3 is 4.57 Å². The van der Waals surface area contributed by atoms with Gasteiger partial charge in [0.15, 0.2) is 0 Å². The molecule has 0 N–H and O–H groups in total. The second kappa shape index (κ2) is 6.81. The van der Waals surface area contributed by atoms with E-state index in [0.29, 0.717) is 6.04 Å². The van der Waals surface area contributed by atoms with E-state index in [0.717, 1.165) is 13.1 Å². The number of aromatic nitrogens is 3. The van der Waals surface area contributed by atoms with Gasteiger partial charge in [0.2, 0.25) is 0 Å². The molecule has 1 saturated heterocycles. The van der Waals surface area contributed by atoms with Gasteiger partial charge >= 0.3 is 0 Å². The highest BCUT2D eigenvalue weighted by Gasteiger charge is 2.22. The number of piperidine rings is 1. The predicted octanol–water partition coefficient (Wildman–Crippen LogP) is 3.82. The molecule has 4 nitrogen and oxygen atoms in total. The van der Waals surface area contributed by atoms with Crippen LogP contribution in [0.25, 0.3) is 10.9 Å². The Hall–Kier alpha value is -2.07. The van der Waals surface area contributed by atoms with Crippen molar-refractivity contribution in [1.82, 2.24) is 19.2 Å². The Morgan fingerprint density at radius 1 is 1.17 bits per heavy atom. The SMILES string of the molecule is Cn1ccc2ccc(CN3CCCC[C@@H]3CCn3cccn3)cc21. The summed E-state index contributed by atoms with van der Waals surface area (Å²) in [5.74, 6) is 0. The fourth-order valence-electron chi connectivity index (χ4n) is 3.95. The molecule has 0 bridgehead atoms. The van der Waals surface area contributed by atoms with Crippen LogP contribution in [-0.2, 0) is 20.1 Å². The van der Waals surface area contributed by atoms with Crippen LogP contribution in [0.1, 0.15) is 31.2 Å². The standard InChI is InChI=1S/C20H26N4/c1-22-13-8-18-7-6-17(15-20(18)22)16-23-11-3-2-5-19(23)9-14-24-12-4-10-21-24/h4,6-8,10,12-13,15,19H,2-3,5,9,11,14,16H2,1H3/t19-/m1/s1. The van der Waals surface area contributed by atoms with Gasteiger partial charge in [0.25, 0.3) is 0 Å². The number of aryl methyl sites for hydroxylation is 2. The molecular weight excluding hydrogens is 296 g/mol. The van der Waals surface area contributed by atoms with Crippen LogP contribution >= 0.6 is 0 Å². The molecule has 1 aliphatic rings. The van der Waals surface area contributed by atoms with E-state index in [9.17, 15) is 0 Å². The minimum atomic E-state index is 0.673. The van der Waals surface area contributed by atoms with Crippen LogP contribution in [0, 0.1) is 0 Å². The topological polar surface area (TPSA) is 26.0 Å². The van der Waals surface area contributed by atoms with Gasteiger partial charge in [-0.2, -0.15) is 5.10 Å². The van der Waals surface area contributed by atoms with Crippen molar-refractivity contribution in [1.29, 1.82) is 0 Å². The fraction of sp³-hybridized carbons (Fsp3) is 0.450. The Labute approximate surface area is 143 Å². The molecule has 3 heterocycles. The van der Waals surface area contributed by atoms with Crippen LogP contribution in [0.3, 0.4) is 0 Å². The first-order valence-corrected chi connectivity index (χ1v) is 9.05.